The molecule has 0 unspecified atom stereocenters. The fourth-order valence-electron chi connectivity index (χ4n) is 3.09. The van der Waals surface area contributed by atoms with Gasteiger partial charge >= 0.3 is 11.8 Å². The Morgan fingerprint density at radius 3 is 3.00 bits per heavy atom. The lowest BCUT2D eigenvalue weighted by atomic mass is 10.1. The highest BCUT2D eigenvalue weighted by molar-refractivity contribution is 5.91. The maximum Gasteiger partial charge on any atom is 0.316 e. The zero-order valence-electron chi connectivity index (χ0n) is 14.2. The lowest BCUT2D eigenvalue weighted by Crippen LogP contribution is -2.31. The van der Waals surface area contributed by atoms with Gasteiger partial charge in [0, 0.05) is 24.1 Å². The molecule has 1 N–H and O–H groups in total. The summed E-state index contributed by atoms with van der Waals surface area (Å²) in [7, 11) is 0. The number of aromatic nitrogens is 2. The summed E-state index contributed by atoms with van der Waals surface area (Å²) in [4.78, 5) is 16.4. The zero-order chi connectivity index (χ0) is 17.4. The normalized spacial score (nSPS) is 17.3. The third-order valence-corrected chi connectivity index (χ3v) is 4.50. The van der Waals surface area contributed by atoms with Gasteiger partial charge in [-0.05, 0) is 32.3 Å². The van der Waals surface area contributed by atoms with E-state index in [4.69, 9.17) is 13.7 Å². The lowest BCUT2D eigenvalue weighted by Gasteiger charge is -2.08. The molecule has 25 heavy (non-hydrogen) atoms. The van der Waals surface area contributed by atoms with Gasteiger partial charge in [-0.25, -0.2) is 0 Å². The van der Waals surface area contributed by atoms with Gasteiger partial charge in [0.2, 0.25) is 5.82 Å². The predicted molar refractivity (Wildman–Crippen MR) is 90.3 cm³/mol. The molecule has 1 aliphatic heterocycles. The van der Waals surface area contributed by atoms with E-state index in [1.54, 1.807) is 0 Å². The van der Waals surface area contributed by atoms with Gasteiger partial charge in [0.25, 0.3) is 0 Å². The van der Waals surface area contributed by atoms with Gasteiger partial charge in [-0.2, -0.15) is 4.98 Å². The van der Waals surface area contributed by atoms with E-state index in [0.717, 1.165) is 41.5 Å². The number of carbonyl (C=O) groups excluding carboxylic acids is 1. The van der Waals surface area contributed by atoms with Crippen molar-refractivity contribution in [3.05, 3.63) is 35.2 Å². The molecule has 1 aliphatic rings. The molecule has 0 aliphatic carbocycles. The number of amides is 1. The van der Waals surface area contributed by atoms with Crippen LogP contribution < -0.4 is 5.32 Å². The van der Waals surface area contributed by atoms with Gasteiger partial charge in [0.1, 0.15) is 5.58 Å². The Morgan fingerprint density at radius 2 is 2.24 bits per heavy atom. The number of nitrogens with one attached hydrogen (secondary N) is 1. The molecule has 3 aromatic rings. The molecule has 130 valence electrons. The van der Waals surface area contributed by atoms with Crippen LogP contribution in [-0.4, -0.2) is 35.3 Å². The Morgan fingerprint density at radius 1 is 1.36 bits per heavy atom. The summed E-state index contributed by atoms with van der Waals surface area (Å²) >= 11 is 0. The second-order valence-corrected chi connectivity index (χ2v) is 6.28. The topological polar surface area (TPSA) is 90.4 Å². The van der Waals surface area contributed by atoms with Gasteiger partial charge in [-0.1, -0.05) is 23.4 Å². The van der Waals surface area contributed by atoms with Crippen LogP contribution in [0, 0.1) is 13.8 Å². The van der Waals surface area contributed by atoms with Crippen molar-refractivity contribution in [3.8, 4) is 11.6 Å². The van der Waals surface area contributed by atoms with Crippen molar-refractivity contribution in [2.75, 3.05) is 13.2 Å². The molecule has 3 heterocycles. The third-order valence-electron chi connectivity index (χ3n) is 4.50. The summed E-state index contributed by atoms with van der Waals surface area (Å²) in [5.74, 6) is 0.311. The van der Waals surface area contributed by atoms with Crippen LogP contribution in [0.5, 0.6) is 0 Å². The zero-order valence-corrected chi connectivity index (χ0v) is 14.2. The van der Waals surface area contributed by atoms with E-state index in [0.29, 0.717) is 12.3 Å². The van der Waals surface area contributed by atoms with Crippen LogP contribution in [0.15, 0.2) is 27.1 Å². The minimum absolute atomic E-state index is 0.0620. The Balaban J connectivity index is 1.55. The number of benzene rings is 1. The van der Waals surface area contributed by atoms with Crippen LogP contribution in [-0.2, 0) is 4.74 Å². The lowest BCUT2D eigenvalue weighted by molar-refractivity contribution is 0.0822. The van der Waals surface area contributed by atoms with Crippen molar-refractivity contribution < 1.29 is 18.5 Å². The maximum absolute atomic E-state index is 12.2. The minimum Gasteiger partial charge on any atom is -0.452 e. The minimum atomic E-state index is -0.404. The standard InChI is InChI=1S/C18H19N3O4/c1-10-5-3-7-13-11(2)15(24-14(10)13)16-20-18(25-21-16)17(22)19-9-12-6-4-8-23-12/h3,5,7,12H,4,6,8-9H2,1-2H3,(H,19,22)/t12-/m0/s1. The van der Waals surface area contributed by atoms with Crippen LogP contribution in [0.3, 0.4) is 0 Å². The Hall–Kier alpha value is -2.67. The summed E-state index contributed by atoms with van der Waals surface area (Å²) in [6.07, 6.45) is 2.04. The number of rotatable bonds is 4. The molecule has 1 amide bonds. The molecule has 0 spiro atoms. The van der Waals surface area contributed by atoms with Gasteiger partial charge < -0.3 is 19.0 Å². The Bertz CT molecular complexity index is 922. The quantitative estimate of drug-likeness (QED) is 0.784. The number of furan rings is 1. The molecule has 1 saturated heterocycles. The highest BCUT2D eigenvalue weighted by Crippen LogP contribution is 2.32. The number of fused-ring (bicyclic) bond motifs is 1. The number of para-hydroxylation sites is 1. The first kappa shape index (κ1) is 15.8. The SMILES string of the molecule is Cc1c(-c2noc(C(=O)NC[C@@H]3CCCO3)n2)oc2c(C)cccc12. The van der Waals surface area contributed by atoms with Crippen LogP contribution >= 0.6 is 0 Å². The van der Waals surface area contributed by atoms with E-state index in [-0.39, 0.29) is 17.8 Å². The number of ether oxygens (including phenoxy) is 1. The molecule has 0 saturated carbocycles. The molecule has 7 nitrogen and oxygen atoms in total. The molecule has 2 aromatic heterocycles. The summed E-state index contributed by atoms with van der Waals surface area (Å²) < 4.78 is 16.5. The number of aryl methyl sites for hydroxylation is 2. The van der Waals surface area contributed by atoms with Crippen LogP contribution in [0.25, 0.3) is 22.6 Å². The van der Waals surface area contributed by atoms with Gasteiger partial charge in [0.05, 0.1) is 6.10 Å². The fraction of sp³-hybridized carbons (Fsp3) is 0.389. The van der Waals surface area contributed by atoms with E-state index in [2.05, 4.69) is 15.5 Å². The van der Waals surface area contributed by atoms with Crippen molar-refractivity contribution >= 4 is 16.9 Å². The predicted octanol–water partition coefficient (Wildman–Crippen LogP) is 3.01. The van der Waals surface area contributed by atoms with Crippen LogP contribution in [0.4, 0.5) is 0 Å². The molecule has 0 bridgehead atoms. The highest BCUT2D eigenvalue weighted by Gasteiger charge is 2.23. The second kappa shape index (κ2) is 6.33. The smallest absolute Gasteiger partial charge is 0.316 e. The molecule has 1 aromatic carbocycles. The molecule has 1 atom stereocenters. The van der Waals surface area contributed by atoms with Crippen molar-refractivity contribution in [2.24, 2.45) is 0 Å². The number of hydrogen-bond donors (Lipinski definition) is 1. The van der Waals surface area contributed by atoms with Crippen LogP contribution in [0.2, 0.25) is 0 Å². The second-order valence-electron chi connectivity index (χ2n) is 6.28. The molecule has 0 radical (unpaired) electrons. The monoisotopic (exact) mass is 341 g/mol. The largest absolute Gasteiger partial charge is 0.452 e. The molecular weight excluding hydrogens is 322 g/mol. The van der Waals surface area contributed by atoms with Gasteiger partial charge in [-0.15, -0.1) is 0 Å². The van der Waals surface area contributed by atoms with Crippen molar-refractivity contribution in [3.63, 3.8) is 0 Å². The summed E-state index contributed by atoms with van der Waals surface area (Å²) in [6, 6.07) is 5.94. The Kier molecular flexibility index (Phi) is 4.01. The average molecular weight is 341 g/mol. The molecular formula is C18H19N3O4. The Labute approximate surface area is 144 Å². The number of carbonyl (C=O) groups is 1. The summed E-state index contributed by atoms with van der Waals surface area (Å²) in [5, 5.41) is 7.67. The van der Waals surface area contributed by atoms with Gasteiger partial charge in [0.15, 0.2) is 5.76 Å². The first-order valence-corrected chi connectivity index (χ1v) is 8.36. The highest BCUT2D eigenvalue weighted by atomic mass is 16.5. The van der Waals surface area contributed by atoms with E-state index < -0.39 is 5.91 Å². The third kappa shape index (κ3) is 2.91. The van der Waals surface area contributed by atoms with Crippen molar-refractivity contribution in [1.29, 1.82) is 0 Å². The average Bonchev–Trinajstić information content (AvgIpc) is 3.33. The molecule has 7 heteroatoms. The molecule has 4 rings (SSSR count). The van der Waals surface area contributed by atoms with Gasteiger partial charge in [-0.3, -0.25) is 4.79 Å². The van der Waals surface area contributed by atoms with E-state index >= 15 is 0 Å². The first-order valence-electron chi connectivity index (χ1n) is 8.36. The first-order chi connectivity index (χ1) is 12.1. The van der Waals surface area contributed by atoms with Crippen LogP contribution in [0.1, 0.15) is 34.7 Å². The fourth-order valence-corrected chi connectivity index (χ4v) is 3.09. The molecule has 1 fully saturated rings. The summed E-state index contributed by atoms with van der Waals surface area (Å²) in [5.41, 5.74) is 2.75. The number of nitrogens with zero attached hydrogens (tertiary/aromatic N) is 2. The maximum atomic E-state index is 12.2. The van der Waals surface area contributed by atoms with E-state index in [1.807, 2.05) is 32.0 Å². The number of hydrogen-bond acceptors (Lipinski definition) is 6. The van der Waals surface area contributed by atoms with Crippen molar-refractivity contribution in [1.82, 2.24) is 15.5 Å². The van der Waals surface area contributed by atoms with E-state index in [9.17, 15) is 4.79 Å². The van der Waals surface area contributed by atoms with Crippen molar-refractivity contribution in [2.45, 2.75) is 32.8 Å². The van der Waals surface area contributed by atoms with E-state index in [1.165, 1.54) is 0 Å². The summed E-state index contributed by atoms with van der Waals surface area (Å²) in [6.45, 7) is 5.11.